The second-order valence-corrected chi connectivity index (χ2v) is 5.91. The second-order valence-electron chi connectivity index (χ2n) is 5.50. The summed E-state index contributed by atoms with van der Waals surface area (Å²) in [7, 11) is 1.47. The SMILES string of the molecule is COc1cc(/C(C)=N\NC(=S)NCc2ccccc2)ccc1OCC(=O)[O-]. The number of hydrogen-bond donors (Lipinski definition) is 2. The molecule has 0 saturated carbocycles. The molecule has 27 heavy (non-hydrogen) atoms. The maximum atomic E-state index is 10.5. The lowest BCUT2D eigenvalue weighted by molar-refractivity contribution is -0.307. The Hall–Kier alpha value is -3.13. The number of benzene rings is 2. The third-order valence-corrected chi connectivity index (χ3v) is 3.78. The number of ether oxygens (including phenoxy) is 2. The number of carboxylic acid groups (broad SMARTS) is 1. The van der Waals surface area contributed by atoms with Crippen LogP contribution in [0.1, 0.15) is 18.1 Å². The average Bonchev–Trinajstić information content (AvgIpc) is 2.69. The molecule has 0 radical (unpaired) electrons. The van der Waals surface area contributed by atoms with Crippen LogP contribution < -0.4 is 25.3 Å². The lowest BCUT2D eigenvalue weighted by atomic mass is 10.1. The molecule has 0 bridgehead atoms. The first-order valence-corrected chi connectivity index (χ1v) is 8.53. The Balaban J connectivity index is 1.95. The van der Waals surface area contributed by atoms with Gasteiger partial charge in [0.2, 0.25) is 0 Å². The third-order valence-electron chi connectivity index (χ3n) is 3.55. The number of thiocarbonyl (C=S) groups is 1. The van der Waals surface area contributed by atoms with Crippen molar-refractivity contribution in [3.05, 3.63) is 59.7 Å². The molecule has 0 atom stereocenters. The van der Waals surface area contributed by atoms with Gasteiger partial charge < -0.3 is 24.7 Å². The van der Waals surface area contributed by atoms with Crippen molar-refractivity contribution in [2.24, 2.45) is 5.10 Å². The van der Waals surface area contributed by atoms with Crippen LogP contribution in [-0.2, 0) is 11.3 Å². The van der Waals surface area contributed by atoms with Gasteiger partial charge in [-0.05, 0) is 42.9 Å². The first-order valence-electron chi connectivity index (χ1n) is 8.12. The van der Waals surface area contributed by atoms with Gasteiger partial charge in [-0.15, -0.1) is 0 Å². The Morgan fingerprint density at radius 2 is 1.93 bits per heavy atom. The van der Waals surface area contributed by atoms with E-state index in [9.17, 15) is 9.90 Å². The maximum Gasteiger partial charge on any atom is 0.187 e. The molecule has 2 rings (SSSR count). The highest BCUT2D eigenvalue weighted by molar-refractivity contribution is 7.80. The largest absolute Gasteiger partial charge is 0.546 e. The van der Waals surface area contributed by atoms with Gasteiger partial charge in [0.05, 0.1) is 18.8 Å². The molecule has 142 valence electrons. The van der Waals surface area contributed by atoms with Crippen molar-refractivity contribution in [1.82, 2.24) is 10.7 Å². The van der Waals surface area contributed by atoms with Crippen molar-refractivity contribution in [3.63, 3.8) is 0 Å². The molecule has 0 spiro atoms. The summed E-state index contributed by atoms with van der Waals surface area (Å²) in [6.45, 7) is 1.86. The molecule has 0 aliphatic rings. The second kappa shape index (κ2) is 10.1. The molecule has 2 N–H and O–H groups in total. The van der Waals surface area contributed by atoms with Crippen molar-refractivity contribution >= 4 is 29.0 Å². The number of rotatable bonds is 8. The number of carboxylic acids is 1. The van der Waals surface area contributed by atoms with E-state index in [2.05, 4.69) is 15.8 Å². The molecule has 7 nitrogen and oxygen atoms in total. The summed E-state index contributed by atoms with van der Waals surface area (Å²) in [6.07, 6.45) is 0. The summed E-state index contributed by atoms with van der Waals surface area (Å²) in [5.74, 6) is -0.598. The Bertz CT molecular complexity index is 825. The molecule has 2 aromatic rings. The number of carbonyl (C=O) groups is 1. The molecule has 0 aliphatic heterocycles. The van der Waals surface area contributed by atoms with Crippen LogP contribution in [0.4, 0.5) is 0 Å². The van der Waals surface area contributed by atoms with E-state index in [1.165, 1.54) is 7.11 Å². The molecule has 0 aromatic heterocycles. The number of hydrogen-bond acceptors (Lipinski definition) is 6. The lowest BCUT2D eigenvalue weighted by Crippen LogP contribution is -2.32. The summed E-state index contributed by atoms with van der Waals surface area (Å²) in [5.41, 5.74) is 5.34. The number of nitrogens with one attached hydrogen (secondary N) is 2. The summed E-state index contributed by atoms with van der Waals surface area (Å²) >= 11 is 5.21. The number of carbonyl (C=O) groups excluding carboxylic acids is 1. The quantitative estimate of drug-likeness (QED) is 0.400. The van der Waals surface area contributed by atoms with E-state index in [1.54, 1.807) is 18.2 Å². The average molecular weight is 386 g/mol. The number of nitrogens with zero attached hydrogens (tertiary/aromatic N) is 1. The van der Waals surface area contributed by atoms with Crippen molar-refractivity contribution in [3.8, 4) is 11.5 Å². The van der Waals surface area contributed by atoms with Crippen LogP contribution in [0, 0.1) is 0 Å². The van der Waals surface area contributed by atoms with Gasteiger partial charge in [0.25, 0.3) is 0 Å². The van der Waals surface area contributed by atoms with Gasteiger partial charge in [0.15, 0.2) is 16.6 Å². The molecule has 2 aromatic carbocycles. The highest BCUT2D eigenvalue weighted by Gasteiger charge is 2.08. The smallest absolute Gasteiger partial charge is 0.187 e. The molecule has 8 heteroatoms. The summed E-state index contributed by atoms with van der Waals surface area (Å²) in [5, 5.41) is 18.2. The Labute approximate surface area is 163 Å². The molecule has 0 fully saturated rings. The number of hydrazone groups is 1. The Kier molecular flexibility index (Phi) is 7.57. The molecule has 0 aliphatic carbocycles. The van der Waals surface area contributed by atoms with E-state index >= 15 is 0 Å². The van der Waals surface area contributed by atoms with E-state index in [-0.39, 0.29) is 0 Å². The molecule has 0 amide bonds. The highest BCUT2D eigenvalue weighted by atomic mass is 32.1. The summed E-state index contributed by atoms with van der Waals surface area (Å²) < 4.78 is 10.4. The van der Waals surface area contributed by atoms with Crippen LogP contribution in [0.25, 0.3) is 0 Å². The first-order chi connectivity index (χ1) is 13.0. The highest BCUT2D eigenvalue weighted by Crippen LogP contribution is 2.28. The Morgan fingerprint density at radius 3 is 2.59 bits per heavy atom. The van der Waals surface area contributed by atoms with Gasteiger partial charge in [-0.2, -0.15) is 5.10 Å². The normalized spacial score (nSPS) is 10.8. The zero-order valence-electron chi connectivity index (χ0n) is 15.0. The lowest BCUT2D eigenvalue weighted by Gasteiger charge is -2.13. The van der Waals surface area contributed by atoms with Crippen LogP contribution in [0.3, 0.4) is 0 Å². The molecular formula is C19H20N3O4S-. The third kappa shape index (κ3) is 6.59. The predicted octanol–water partition coefficient (Wildman–Crippen LogP) is 1.21. The fourth-order valence-electron chi connectivity index (χ4n) is 2.17. The zero-order valence-corrected chi connectivity index (χ0v) is 15.8. The Morgan fingerprint density at radius 1 is 1.19 bits per heavy atom. The number of methoxy groups -OCH3 is 1. The van der Waals surface area contributed by atoms with Crippen LogP contribution >= 0.6 is 12.2 Å². The van der Waals surface area contributed by atoms with Crippen molar-refractivity contribution in [2.75, 3.05) is 13.7 Å². The maximum absolute atomic E-state index is 10.5. The van der Waals surface area contributed by atoms with Gasteiger partial charge in [-0.3, -0.25) is 5.43 Å². The van der Waals surface area contributed by atoms with Gasteiger partial charge in [-0.25, -0.2) is 0 Å². The minimum Gasteiger partial charge on any atom is -0.546 e. The molecule has 0 heterocycles. The monoisotopic (exact) mass is 386 g/mol. The van der Waals surface area contributed by atoms with Crippen molar-refractivity contribution in [1.29, 1.82) is 0 Å². The summed E-state index contributed by atoms with van der Waals surface area (Å²) in [6, 6.07) is 14.9. The molecule has 0 unspecified atom stereocenters. The number of aliphatic carboxylic acids is 1. The van der Waals surface area contributed by atoms with Gasteiger partial charge in [-0.1, -0.05) is 30.3 Å². The fraction of sp³-hybridized carbons (Fsp3) is 0.211. The van der Waals surface area contributed by atoms with Gasteiger partial charge >= 0.3 is 0 Å². The fourth-order valence-corrected chi connectivity index (χ4v) is 2.28. The minimum atomic E-state index is -1.31. The zero-order chi connectivity index (χ0) is 19.6. The van der Waals surface area contributed by atoms with Crippen molar-refractivity contribution in [2.45, 2.75) is 13.5 Å². The van der Waals surface area contributed by atoms with Gasteiger partial charge in [0.1, 0.15) is 6.61 Å². The minimum absolute atomic E-state index is 0.311. The van der Waals surface area contributed by atoms with E-state index in [0.29, 0.717) is 28.9 Å². The molecular weight excluding hydrogens is 366 g/mol. The van der Waals surface area contributed by atoms with Crippen LogP contribution in [-0.4, -0.2) is 30.5 Å². The van der Waals surface area contributed by atoms with Crippen LogP contribution in [0.15, 0.2) is 53.6 Å². The first kappa shape index (κ1) is 20.2. The standard InChI is InChI=1S/C19H21N3O4S/c1-13(21-22-19(27)20-11-14-6-4-3-5-7-14)15-8-9-16(17(10-15)25-2)26-12-18(23)24/h3-10H,11-12H2,1-2H3,(H,23,24)(H2,20,22,27)/p-1/b21-13-. The van der Waals surface area contributed by atoms with Crippen LogP contribution in [0.5, 0.6) is 11.5 Å². The van der Waals surface area contributed by atoms with Gasteiger partial charge in [0, 0.05) is 12.1 Å². The topological polar surface area (TPSA) is 95.0 Å². The van der Waals surface area contributed by atoms with E-state index < -0.39 is 12.6 Å². The van der Waals surface area contributed by atoms with E-state index in [4.69, 9.17) is 21.7 Å². The summed E-state index contributed by atoms with van der Waals surface area (Å²) in [4.78, 5) is 10.5. The van der Waals surface area contributed by atoms with Crippen LogP contribution in [0.2, 0.25) is 0 Å². The van der Waals surface area contributed by atoms with Crippen molar-refractivity contribution < 1.29 is 19.4 Å². The molecule has 0 saturated heterocycles. The van der Waals surface area contributed by atoms with E-state index in [1.807, 2.05) is 37.3 Å². The predicted molar refractivity (Wildman–Crippen MR) is 105 cm³/mol. The van der Waals surface area contributed by atoms with E-state index in [0.717, 1.165) is 11.1 Å².